The van der Waals surface area contributed by atoms with Crippen molar-refractivity contribution >= 4 is 39.1 Å². The van der Waals surface area contributed by atoms with Gasteiger partial charge in [0.2, 0.25) is 6.79 Å². The zero-order valence-corrected chi connectivity index (χ0v) is 17.0. The van der Waals surface area contributed by atoms with E-state index in [2.05, 4.69) is 15.9 Å². The van der Waals surface area contributed by atoms with Crippen molar-refractivity contribution in [3.05, 3.63) is 82.2 Å². The molecule has 0 bridgehead atoms. The van der Waals surface area contributed by atoms with E-state index in [0.717, 1.165) is 4.47 Å². The number of carbonyl (C=O) groups excluding carboxylic acids is 2. The second-order valence-electron chi connectivity index (χ2n) is 6.73. The summed E-state index contributed by atoms with van der Waals surface area (Å²) in [6.45, 7) is 0.0861. The summed E-state index contributed by atoms with van der Waals surface area (Å²) in [6.07, 6.45) is 1.45. The van der Waals surface area contributed by atoms with Gasteiger partial charge in [-0.1, -0.05) is 28.1 Å². The fraction of sp³-hybridized carbons (Fsp3) is 0.0909. The lowest BCUT2D eigenvalue weighted by molar-refractivity contribution is -0.132. The molecule has 0 radical (unpaired) electrons. The minimum absolute atomic E-state index is 0.0464. The number of hydrogen-bond acceptors (Lipinski definition) is 6. The monoisotopic (exact) mass is 467 g/mol. The Hall–Kier alpha value is -3.52. The second-order valence-corrected chi connectivity index (χ2v) is 7.64. The summed E-state index contributed by atoms with van der Waals surface area (Å²) in [5.41, 5.74) is 0.797. The number of ether oxygens (including phenoxy) is 2. The minimum Gasteiger partial charge on any atom is -0.507 e. The molecule has 5 rings (SSSR count). The van der Waals surface area contributed by atoms with Gasteiger partial charge in [-0.15, -0.1) is 0 Å². The molecule has 1 saturated heterocycles. The Labute approximate surface area is 179 Å². The third-order valence-corrected chi connectivity index (χ3v) is 5.54. The first-order valence-electron chi connectivity index (χ1n) is 9.04. The lowest BCUT2D eigenvalue weighted by Crippen LogP contribution is -2.29. The molecule has 7 nitrogen and oxygen atoms in total. The van der Waals surface area contributed by atoms with Crippen LogP contribution in [0.15, 0.2) is 75.3 Å². The van der Waals surface area contributed by atoms with E-state index in [0.29, 0.717) is 28.5 Å². The number of nitrogens with zero attached hydrogens (tertiary/aromatic N) is 1. The van der Waals surface area contributed by atoms with Crippen molar-refractivity contribution < 1.29 is 28.6 Å². The van der Waals surface area contributed by atoms with Gasteiger partial charge in [-0.25, -0.2) is 0 Å². The molecule has 0 saturated carbocycles. The SMILES string of the molecule is O=C1C(=O)N(c2ccc3c(c2)OCO3)C(c2ccco2)/C1=C(/O)c1ccc(Br)cc1. The Morgan fingerprint density at radius 2 is 1.80 bits per heavy atom. The topological polar surface area (TPSA) is 89.2 Å². The van der Waals surface area contributed by atoms with Crippen molar-refractivity contribution in [1.29, 1.82) is 0 Å². The number of halogens is 1. The van der Waals surface area contributed by atoms with Gasteiger partial charge in [0, 0.05) is 21.8 Å². The van der Waals surface area contributed by atoms with Gasteiger partial charge in [0.1, 0.15) is 17.6 Å². The molecular weight excluding hydrogens is 454 g/mol. The maximum absolute atomic E-state index is 13.0. The number of benzene rings is 2. The number of aliphatic hydroxyl groups is 1. The molecule has 1 amide bonds. The molecule has 1 unspecified atom stereocenters. The zero-order chi connectivity index (χ0) is 20.8. The highest BCUT2D eigenvalue weighted by atomic mass is 79.9. The fourth-order valence-corrected chi connectivity index (χ4v) is 3.88. The van der Waals surface area contributed by atoms with Gasteiger partial charge in [-0.05, 0) is 36.4 Å². The standard InChI is InChI=1S/C22H14BrNO6/c23-13-5-3-12(4-6-13)20(25)18-19(16-2-1-9-28-16)24(22(27)21(18)26)14-7-8-15-17(10-14)30-11-29-15/h1-10,19,25H,11H2/b20-18-. The van der Waals surface area contributed by atoms with Crippen molar-refractivity contribution in [1.82, 2.24) is 0 Å². The summed E-state index contributed by atoms with van der Waals surface area (Å²) >= 11 is 3.34. The summed E-state index contributed by atoms with van der Waals surface area (Å²) in [5.74, 6) is -0.459. The number of carbonyl (C=O) groups is 2. The molecule has 150 valence electrons. The van der Waals surface area contributed by atoms with Crippen LogP contribution in [0, 0.1) is 0 Å². The average molecular weight is 468 g/mol. The Bertz CT molecular complexity index is 1180. The van der Waals surface area contributed by atoms with Crippen LogP contribution in [-0.2, 0) is 9.59 Å². The number of Topliss-reactive ketones (excluding diaryl/α,β-unsaturated/α-hetero) is 1. The van der Waals surface area contributed by atoms with E-state index in [1.807, 2.05) is 0 Å². The number of fused-ring (bicyclic) bond motifs is 1. The molecule has 1 fully saturated rings. The molecule has 1 aromatic heterocycles. The molecule has 8 heteroatoms. The lowest BCUT2D eigenvalue weighted by Gasteiger charge is -2.23. The maximum Gasteiger partial charge on any atom is 0.300 e. The second kappa shape index (κ2) is 7.07. The van der Waals surface area contributed by atoms with Gasteiger partial charge in [0.05, 0.1) is 11.8 Å². The molecule has 2 aromatic carbocycles. The van der Waals surface area contributed by atoms with Gasteiger partial charge < -0.3 is 19.0 Å². The van der Waals surface area contributed by atoms with Gasteiger partial charge >= 0.3 is 0 Å². The number of ketones is 1. The highest BCUT2D eigenvalue weighted by Gasteiger charge is 2.48. The largest absolute Gasteiger partial charge is 0.507 e. The van der Waals surface area contributed by atoms with Gasteiger partial charge in [-0.3, -0.25) is 14.5 Å². The molecule has 30 heavy (non-hydrogen) atoms. The molecule has 1 atom stereocenters. The molecule has 2 aliphatic heterocycles. The maximum atomic E-state index is 13.0. The Balaban J connectivity index is 1.68. The van der Waals surface area contributed by atoms with Crippen LogP contribution in [0.25, 0.3) is 5.76 Å². The van der Waals surface area contributed by atoms with Gasteiger partial charge in [0.15, 0.2) is 11.5 Å². The summed E-state index contributed by atoms with van der Waals surface area (Å²) in [7, 11) is 0. The zero-order valence-electron chi connectivity index (χ0n) is 15.4. The van der Waals surface area contributed by atoms with Crippen LogP contribution in [-0.4, -0.2) is 23.6 Å². The van der Waals surface area contributed by atoms with Crippen molar-refractivity contribution in [3.8, 4) is 11.5 Å². The minimum atomic E-state index is -0.927. The van der Waals surface area contributed by atoms with Crippen molar-refractivity contribution in [2.45, 2.75) is 6.04 Å². The fourth-order valence-electron chi connectivity index (χ4n) is 3.61. The number of aliphatic hydroxyl groups excluding tert-OH is 1. The van der Waals surface area contributed by atoms with Crippen LogP contribution in [0.4, 0.5) is 5.69 Å². The Morgan fingerprint density at radius 1 is 1.03 bits per heavy atom. The van der Waals surface area contributed by atoms with Crippen molar-refractivity contribution in [2.75, 3.05) is 11.7 Å². The molecule has 0 aliphatic carbocycles. The smallest absolute Gasteiger partial charge is 0.300 e. The Kier molecular flexibility index (Phi) is 4.36. The summed E-state index contributed by atoms with van der Waals surface area (Å²) in [6, 6.07) is 14.2. The van der Waals surface area contributed by atoms with Crippen LogP contribution in [0.2, 0.25) is 0 Å². The van der Waals surface area contributed by atoms with Gasteiger partial charge in [-0.2, -0.15) is 0 Å². The van der Waals surface area contributed by atoms with E-state index >= 15 is 0 Å². The van der Waals surface area contributed by atoms with E-state index in [9.17, 15) is 14.7 Å². The van der Waals surface area contributed by atoms with Crippen LogP contribution in [0.3, 0.4) is 0 Å². The van der Waals surface area contributed by atoms with E-state index in [-0.39, 0.29) is 18.1 Å². The van der Waals surface area contributed by atoms with Crippen molar-refractivity contribution in [2.24, 2.45) is 0 Å². The molecule has 2 aliphatic rings. The Morgan fingerprint density at radius 3 is 2.53 bits per heavy atom. The number of furan rings is 1. The van der Waals surface area contributed by atoms with Crippen LogP contribution >= 0.6 is 15.9 Å². The van der Waals surface area contributed by atoms with Crippen LogP contribution in [0.5, 0.6) is 11.5 Å². The lowest BCUT2D eigenvalue weighted by atomic mass is 9.99. The number of hydrogen-bond donors (Lipinski definition) is 1. The van der Waals surface area contributed by atoms with Gasteiger partial charge in [0.25, 0.3) is 11.7 Å². The quantitative estimate of drug-likeness (QED) is 0.348. The summed E-state index contributed by atoms with van der Waals surface area (Å²) < 4.78 is 17.1. The van der Waals surface area contributed by atoms with E-state index < -0.39 is 17.7 Å². The molecular formula is C22H14BrNO6. The number of anilines is 1. The first-order chi connectivity index (χ1) is 14.5. The predicted octanol–water partition coefficient (Wildman–Crippen LogP) is 4.40. The summed E-state index contributed by atoms with van der Waals surface area (Å²) in [4.78, 5) is 27.3. The normalized spacial score (nSPS) is 19.5. The van der Waals surface area contributed by atoms with Crippen LogP contribution < -0.4 is 14.4 Å². The van der Waals surface area contributed by atoms with E-state index in [1.54, 1.807) is 54.6 Å². The summed E-state index contributed by atoms with van der Waals surface area (Å²) in [5, 5.41) is 11.0. The highest BCUT2D eigenvalue weighted by Crippen LogP contribution is 2.44. The first-order valence-corrected chi connectivity index (χ1v) is 9.84. The van der Waals surface area contributed by atoms with E-state index in [1.165, 1.54) is 11.2 Å². The van der Waals surface area contributed by atoms with Crippen LogP contribution in [0.1, 0.15) is 17.4 Å². The molecule has 3 aromatic rings. The van der Waals surface area contributed by atoms with E-state index in [4.69, 9.17) is 13.9 Å². The molecule has 3 heterocycles. The average Bonchev–Trinajstić information content (AvgIpc) is 3.48. The van der Waals surface area contributed by atoms with Crippen molar-refractivity contribution in [3.63, 3.8) is 0 Å². The predicted molar refractivity (Wildman–Crippen MR) is 110 cm³/mol. The third kappa shape index (κ3) is 2.88. The number of rotatable bonds is 3. The first kappa shape index (κ1) is 18.5. The molecule has 1 N–H and O–H groups in total. The molecule has 0 spiro atoms. The number of amides is 1. The third-order valence-electron chi connectivity index (χ3n) is 5.01. The highest BCUT2D eigenvalue weighted by molar-refractivity contribution is 9.10.